The summed E-state index contributed by atoms with van der Waals surface area (Å²) in [5.74, 6) is 0.177. The molecule has 8 heteroatoms. The average Bonchev–Trinajstić information content (AvgIpc) is 3.42. The van der Waals surface area contributed by atoms with Crippen LogP contribution in [0.15, 0.2) is 94.4 Å². The van der Waals surface area contributed by atoms with Crippen LogP contribution < -0.4 is 5.43 Å². The van der Waals surface area contributed by atoms with E-state index in [4.69, 9.17) is 4.42 Å². The summed E-state index contributed by atoms with van der Waals surface area (Å²) < 4.78 is 5.68. The number of hydrogen-bond acceptors (Lipinski definition) is 6. The van der Waals surface area contributed by atoms with Crippen molar-refractivity contribution in [1.82, 2.24) is 5.43 Å². The number of nitro groups is 1. The lowest BCUT2D eigenvalue weighted by atomic mass is 9.91. The fourth-order valence-corrected chi connectivity index (χ4v) is 4.02. The van der Waals surface area contributed by atoms with Gasteiger partial charge in [0.05, 0.1) is 11.1 Å². The first kappa shape index (κ1) is 20.3. The minimum atomic E-state index is -1.86. The molecule has 1 aliphatic rings. The molecule has 2 N–H and O–H groups in total. The first-order valence-corrected chi connectivity index (χ1v) is 10.1. The first-order chi connectivity index (χ1) is 16.0. The fraction of sp³-hybridized carbons (Fsp3) is 0.0400. The molecule has 0 radical (unpaired) electrons. The van der Waals surface area contributed by atoms with E-state index in [0.29, 0.717) is 28.2 Å². The molecule has 8 nitrogen and oxygen atoms in total. The Morgan fingerprint density at radius 2 is 1.55 bits per heavy atom. The lowest BCUT2D eigenvalue weighted by Crippen LogP contribution is -2.42. The van der Waals surface area contributed by atoms with Crippen LogP contribution in [0.5, 0.6) is 0 Å². The summed E-state index contributed by atoms with van der Waals surface area (Å²) in [5.41, 5.74) is 3.79. The van der Waals surface area contributed by atoms with Crippen molar-refractivity contribution in [3.8, 4) is 22.5 Å². The molecule has 1 heterocycles. The Morgan fingerprint density at radius 1 is 0.939 bits per heavy atom. The second kappa shape index (κ2) is 7.85. The number of furan rings is 1. The van der Waals surface area contributed by atoms with E-state index in [0.717, 1.165) is 11.1 Å². The third-order valence-electron chi connectivity index (χ3n) is 5.60. The fourth-order valence-electron chi connectivity index (χ4n) is 4.02. The largest absolute Gasteiger partial charge is 0.455 e. The number of carbonyl (C=O) groups excluding carboxylic acids is 1. The van der Waals surface area contributed by atoms with Gasteiger partial charge in [0.15, 0.2) is 5.60 Å². The van der Waals surface area contributed by atoms with Gasteiger partial charge in [-0.3, -0.25) is 14.9 Å². The number of hydrogen-bond donors (Lipinski definition) is 2. The third kappa shape index (κ3) is 3.38. The van der Waals surface area contributed by atoms with Crippen molar-refractivity contribution in [2.24, 2.45) is 5.10 Å². The topological polar surface area (TPSA) is 118 Å². The Balaban J connectivity index is 1.35. The van der Waals surface area contributed by atoms with E-state index in [1.807, 2.05) is 24.3 Å². The van der Waals surface area contributed by atoms with Gasteiger partial charge in [0.2, 0.25) is 0 Å². The van der Waals surface area contributed by atoms with Crippen LogP contribution >= 0.6 is 0 Å². The number of nitrogens with zero attached hydrogens (tertiary/aromatic N) is 2. The van der Waals surface area contributed by atoms with E-state index < -0.39 is 16.4 Å². The Kier molecular flexibility index (Phi) is 4.84. The lowest BCUT2D eigenvalue weighted by molar-refractivity contribution is -0.384. The van der Waals surface area contributed by atoms with Crippen LogP contribution in [0, 0.1) is 10.1 Å². The minimum absolute atomic E-state index is 0.0113. The van der Waals surface area contributed by atoms with Crippen LogP contribution in [0.4, 0.5) is 5.69 Å². The van der Waals surface area contributed by atoms with E-state index in [2.05, 4.69) is 10.5 Å². The summed E-state index contributed by atoms with van der Waals surface area (Å²) in [5, 5.41) is 26.2. The number of non-ortho nitro benzene ring substituents is 1. The van der Waals surface area contributed by atoms with Crippen molar-refractivity contribution in [3.63, 3.8) is 0 Å². The zero-order chi connectivity index (χ0) is 23.0. The Bertz CT molecular complexity index is 1360. The summed E-state index contributed by atoms with van der Waals surface area (Å²) in [6, 6.07) is 23.8. The van der Waals surface area contributed by atoms with E-state index >= 15 is 0 Å². The predicted molar refractivity (Wildman–Crippen MR) is 121 cm³/mol. The number of benzene rings is 3. The quantitative estimate of drug-likeness (QED) is 0.274. The van der Waals surface area contributed by atoms with Crippen molar-refractivity contribution in [2.45, 2.75) is 5.60 Å². The van der Waals surface area contributed by atoms with Gasteiger partial charge in [0.25, 0.3) is 11.6 Å². The highest BCUT2D eigenvalue weighted by Crippen LogP contribution is 2.47. The summed E-state index contributed by atoms with van der Waals surface area (Å²) in [4.78, 5) is 23.4. The van der Waals surface area contributed by atoms with Gasteiger partial charge in [-0.1, -0.05) is 48.5 Å². The van der Waals surface area contributed by atoms with Crippen molar-refractivity contribution >= 4 is 17.8 Å². The molecule has 0 aliphatic heterocycles. The summed E-state index contributed by atoms with van der Waals surface area (Å²) in [6.45, 7) is 0. The van der Waals surface area contributed by atoms with Gasteiger partial charge >= 0.3 is 0 Å². The molecule has 0 bridgehead atoms. The highest BCUT2D eigenvalue weighted by Gasteiger charge is 2.47. The highest BCUT2D eigenvalue weighted by molar-refractivity contribution is 5.99. The predicted octanol–water partition coefficient (Wildman–Crippen LogP) is 4.22. The van der Waals surface area contributed by atoms with Gasteiger partial charge in [-0.05, 0) is 35.4 Å². The Hall–Kier alpha value is -4.56. The number of carbonyl (C=O) groups is 1. The maximum atomic E-state index is 13.0. The van der Waals surface area contributed by atoms with Crippen molar-refractivity contribution < 1.29 is 19.2 Å². The molecule has 0 saturated carbocycles. The van der Waals surface area contributed by atoms with E-state index in [1.54, 1.807) is 48.5 Å². The van der Waals surface area contributed by atoms with Crippen LogP contribution in [0.2, 0.25) is 0 Å². The number of rotatable bonds is 5. The average molecular weight is 439 g/mol. The van der Waals surface area contributed by atoms with Crippen LogP contribution in [0.3, 0.4) is 0 Å². The maximum absolute atomic E-state index is 13.0. The summed E-state index contributed by atoms with van der Waals surface area (Å²) in [7, 11) is 0. The van der Waals surface area contributed by atoms with Crippen molar-refractivity contribution in [3.05, 3.63) is 112 Å². The normalized spacial score (nSPS) is 13.5. The van der Waals surface area contributed by atoms with E-state index in [-0.39, 0.29) is 5.69 Å². The number of amides is 1. The molecular weight excluding hydrogens is 422 g/mol. The summed E-state index contributed by atoms with van der Waals surface area (Å²) in [6.07, 6.45) is 1.32. The van der Waals surface area contributed by atoms with Gasteiger partial charge in [0.1, 0.15) is 11.5 Å². The monoisotopic (exact) mass is 439 g/mol. The number of fused-ring (bicyclic) bond motifs is 3. The zero-order valence-electron chi connectivity index (χ0n) is 17.1. The highest BCUT2D eigenvalue weighted by atomic mass is 16.6. The number of aliphatic hydroxyl groups is 1. The molecule has 0 atom stereocenters. The molecule has 5 rings (SSSR count). The Labute approximate surface area is 188 Å². The molecule has 1 amide bonds. The van der Waals surface area contributed by atoms with E-state index in [9.17, 15) is 20.0 Å². The molecule has 1 aromatic heterocycles. The second-order valence-electron chi connectivity index (χ2n) is 7.51. The van der Waals surface area contributed by atoms with Crippen LogP contribution in [-0.4, -0.2) is 22.2 Å². The van der Waals surface area contributed by atoms with Crippen LogP contribution in [-0.2, 0) is 10.4 Å². The number of nitro benzene ring substituents is 1. The number of hydrazone groups is 1. The molecule has 0 unspecified atom stereocenters. The van der Waals surface area contributed by atoms with Crippen molar-refractivity contribution in [1.29, 1.82) is 0 Å². The SMILES string of the molecule is O=C(N/N=C/c1ccc(-c2ccc([N+](=O)[O-])cc2)o1)C1(O)c2ccccc2-c2ccccc21. The van der Waals surface area contributed by atoms with Crippen molar-refractivity contribution in [2.75, 3.05) is 0 Å². The lowest BCUT2D eigenvalue weighted by Gasteiger charge is -2.23. The molecule has 0 fully saturated rings. The van der Waals surface area contributed by atoms with Gasteiger partial charge in [0, 0.05) is 28.8 Å². The number of nitrogens with one attached hydrogen (secondary N) is 1. The van der Waals surface area contributed by atoms with Gasteiger partial charge in [-0.15, -0.1) is 0 Å². The zero-order valence-corrected chi connectivity index (χ0v) is 17.1. The molecule has 0 spiro atoms. The third-order valence-corrected chi connectivity index (χ3v) is 5.60. The molecule has 4 aromatic rings. The maximum Gasteiger partial charge on any atom is 0.281 e. The second-order valence-corrected chi connectivity index (χ2v) is 7.51. The smallest absolute Gasteiger partial charge is 0.281 e. The van der Waals surface area contributed by atoms with Gasteiger partial charge in [-0.2, -0.15) is 5.10 Å². The molecular formula is C25H17N3O5. The molecule has 3 aromatic carbocycles. The van der Waals surface area contributed by atoms with Crippen LogP contribution in [0.1, 0.15) is 16.9 Å². The first-order valence-electron chi connectivity index (χ1n) is 10.1. The molecule has 33 heavy (non-hydrogen) atoms. The van der Waals surface area contributed by atoms with Gasteiger partial charge in [-0.25, -0.2) is 5.43 Å². The van der Waals surface area contributed by atoms with Crippen LogP contribution in [0.25, 0.3) is 22.5 Å². The Morgan fingerprint density at radius 3 is 2.15 bits per heavy atom. The summed E-state index contributed by atoms with van der Waals surface area (Å²) >= 11 is 0. The standard InChI is InChI=1S/C25H17N3O5/c29-24(25(30)21-7-3-1-5-19(21)20-6-2-4-8-22(20)25)27-26-15-18-13-14-23(33-18)16-9-11-17(12-10-16)28(31)32/h1-15,30H,(H,27,29)/b26-15+. The molecule has 0 saturated heterocycles. The molecule has 162 valence electrons. The van der Waals surface area contributed by atoms with E-state index in [1.165, 1.54) is 18.3 Å². The minimum Gasteiger partial charge on any atom is -0.455 e. The molecule has 1 aliphatic carbocycles. The van der Waals surface area contributed by atoms with Gasteiger partial charge < -0.3 is 9.52 Å².